The number of morpholine rings is 1. The number of carbonyl (C=O) groups is 2. The Morgan fingerprint density at radius 2 is 1.71 bits per heavy atom. The number of epoxide rings is 1. The molecular weight excluding hydrogens is 753 g/mol. The van der Waals surface area contributed by atoms with E-state index >= 15 is 0 Å². The summed E-state index contributed by atoms with van der Waals surface area (Å²) in [6, 6.07) is 20.1. The van der Waals surface area contributed by atoms with E-state index in [2.05, 4.69) is 46.7 Å². The highest BCUT2D eigenvalue weighted by atomic mass is 127. The van der Waals surface area contributed by atoms with Gasteiger partial charge in [0.2, 0.25) is 5.91 Å². The Bertz CT molecular complexity index is 1530. The molecular formula is C34H39BrIN3O6. The number of methoxy groups -OCH3 is 1. The van der Waals surface area contributed by atoms with Gasteiger partial charge in [0, 0.05) is 40.9 Å². The predicted molar refractivity (Wildman–Crippen MR) is 172 cm³/mol. The fourth-order valence-electron chi connectivity index (χ4n) is 6.97. The van der Waals surface area contributed by atoms with Crippen molar-refractivity contribution in [2.75, 3.05) is 31.8 Å². The predicted octanol–water partition coefficient (Wildman–Crippen LogP) is 2.89. The zero-order valence-corrected chi connectivity index (χ0v) is 29.3. The first-order chi connectivity index (χ1) is 21.2. The van der Waals surface area contributed by atoms with Crippen molar-refractivity contribution >= 4 is 39.3 Å². The van der Waals surface area contributed by atoms with Gasteiger partial charge in [0.05, 0.1) is 39.2 Å². The quantitative estimate of drug-likeness (QED) is 0.166. The zero-order valence-electron chi connectivity index (χ0n) is 25.6. The fraction of sp³-hybridized carbons (Fsp3) is 0.412. The van der Waals surface area contributed by atoms with Crippen LogP contribution in [0.1, 0.15) is 36.8 Å². The van der Waals surface area contributed by atoms with Gasteiger partial charge in [-0.05, 0) is 58.1 Å². The van der Waals surface area contributed by atoms with E-state index in [-0.39, 0.29) is 42.6 Å². The summed E-state index contributed by atoms with van der Waals surface area (Å²) in [5, 5.41) is 15.4. The van der Waals surface area contributed by atoms with Crippen molar-refractivity contribution in [3.05, 3.63) is 76.3 Å². The highest BCUT2D eigenvalue weighted by molar-refractivity contribution is 9.10. The van der Waals surface area contributed by atoms with E-state index in [1.54, 1.807) is 12.1 Å². The number of nitrogens with one attached hydrogen (secondary N) is 2. The molecule has 3 aromatic carbocycles. The van der Waals surface area contributed by atoms with Crippen molar-refractivity contribution < 1.29 is 57.4 Å². The van der Waals surface area contributed by atoms with Gasteiger partial charge in [0.15, 0.2) is 0 Å². The summed E-state index contributed by atoms with van der Waals surface area (Å²) in [4.78, 5) is 25.8. The number of aryl methyl sites for hydroxylation is 1. The topological polar surface area (TPSA) is 109 Å². The number of likely N-dealkylation sites (N-methyl/N-ethyl adjacent to an activating group) is 1. The summed E-state index contributed by atoms with van der Waals surface area (Å²) in [5.74, 6) is 0.396. The van der Waals surface area contributed by atoms with E-state index in [4.69, 9.17) is 14.2 Å². The standard InChI is InChI=1S/C34H38BrN3O6.HI/c1-38(2)28-16-23(17-29(38)33-32(28)44-33)43-34(41)37-26-13-12-20(14-24(26)21-9-5-4-6-10-21)8-7-11-31(40)36-27-18-30(42-3)22(19-39)15-25(27)35;/h4-6,9-10,12-15,18,23,28-29,32-33,39H,7-8,11,16-17,19H2,1-3H3,(H-,36,37,40,41);1H/t23-,28-,29+,32-,33+;. The van der Waals surface area contributed by atoms with Crippen molar-refractivity contribution in [2.45, 2.75) is 69.1 Å². The molecule has 2 bridgehead atoms. The molecule has 3 heterocycles. The second-order valence-corrected chi connectivity index (χ2v) is 13.3. The van der Waals surface area contributed by atoms with Crippen molar-refractivity contribution in [1.82, 2.24) is 0 Å². The highest BCUT2D eigenvalue weighted by Crippen LogP contribution is 2.51. The minimum absolute atomic E-state index is 0. The Balaban J connectivity index is 0.00000400. The van der Waals surface area contributed by atoms with Crippen molar-refractivity contribution in [3.63, 3.8) is 0 Å². The minimum Gasteiger partial charge on any atom is -1.00 e. The number of piperidine rings is 1. The van der Waals surface area contributed by atoms with Gasteiger partial charge in [-0.25, -0.2) is 4.79 Å². The number of aliphatic hydroxyl groups excluding tert-OH is 1. The van der Waals surface area contributed by atoms with Gasteiger partial charge in [-0.3, -0.25) is 10.1 Å². The van der Waals surface area contributed by atoms with E-state index in [1.807, 2.05) is 42.5 Å². The monoisotopic (exact) mass is 791 g/mol. The SMILES string of the molecule is COc1cc(NC(=O)CCCc2ccc(NC(=O)O[C@@H]3C[C@@H]4[C@H]5O[C@H]5[C@H](C3)[N+]4(C)C)c(-c3ccccc3)c2)c(Br)cc1CO.[I-]. The lowest BCUT2D eigenvalue weighted by molar-refractivity contribution is -0.938. The van der Waals surface area contributed by atoms with E-state index in [9.17, 15) is 14.7 Å². The molecule has 0 radical (unpaired) electrons. The molecule has 6 rings (SSSR count). The Labute approximate surface area is 289 Å². The third kappa shape index (κ3) is 7.17. The number of nitrogens with zero attached hydrogens (tertiary/aromatic N) is 1. The van der Waals surface area contributed by atoms with Gasteiger partial charge in [-0.15, -0.1) is 0 Å². The molecule has 0 saturated carbocycles. The Morgan fingerprint density at radius 3 is 2.38 bits per heavy atom. The molecule has 11 heteroatoms. The van der Waals surface area contributed by atoms with Gasteiger partial charge in [0.1, 0.15) is 36.1 Å². The van der Waals surface area contributed by atoms with Crippen LogP contribution in [0.3, 0.4) is 0 Å². The zero-order chi connectivity index (χ0) is 31.0. The number of amides is 2. The van der Waals surface area contributed by atoms with E-state index in [0.29, 0.717) is 70.7 Å². The maximum Gasteiger partial charge on any atom is 0.411 e. The number of benzene rings is 3. The summed E-state index contributed by atoms with van der Waals surface area (Å²) in [6.45, 7) is -0.160. The average molecular weight is 793 g/mol. The lowest BCUT2D eigenvalue weighted by Crippen LogP contribution is -3.00. The smallest absolute Gasteiger partial charge is 0.411 e. The number of aliphatic hydroxyl groups is 1. The highest BCUT2D eigenvalue weighted by Gasteiger charge is 2.70. The molecule has 3 saturated heterocycles. The maximum atomic E-state index is 13.1. The van der Waals surface area contributed by atoms with Crippen molar-refractivity contribution in [1.29, 1.82) is 0 Å². The van der Waals surface area contributed by atoms with Crippen molar-refractivity contribution in [2.24, 2.45) is 0 Å². The number of carbonyl (C=O) groups excluding carboxylic acids is 2. The fourth-order valence-corrected chi connectivity index (χ4v) is 7.46. The maximum absolute atomic E-state index is 13.1. The van der Waals surface area contributed by atoms with Crippen LogP contribution >= 0.6 is 15.9 Å². The summed E-state index contributed by atoms with van der Waals surface area (Å²) >= 11 is 3.46. The van der Waals surface area contributed by atoms with Gasteiger partial charge in [0.25, 0.3) is 0 Å². The third-order valence-electron chi connectivity index (χ3n) is 9.40. The van der Waals surface area contributed by atoms with Crippen LogP contribution in [0.2, 0.25) is 0 Å². The van der Waals surface area contributed by atoms with Crippen LogP contribution in [-0.4, -0.2) is 73.2 Å². The molecule has 2 amide bonds. The second kappa shape index (κ2) is 14.0. The van der Waals surface area contributed by atoms with Crippen LogP contribution in [0, 0.1) is 0 Å². The van der Waals surface area contributed by atoms with Crippen LogP contribution in [0.5, 0.6) is 5.75 Å². The molecule has 3 aliphatic heterocycles. The molecule has 240 valence electrons. The molecule has 45 heavy (non-hydrogen) atoms. The van der Waals surface area contributed by atoms with E-state index < -0.39 is 6.09 Å². The molecule has 9 nitrogen and oxygen atoms in total. The minimum atomic E-state index is -0.437. The molecule has 3 fully saturated rings. The van der Waals surface area contributed by atoms with Crippen LogP contribution in [0.4, 0.5) is 16.2 Å². The first-order valence-corrected chi connectivity index (χ1v) is 15.9. The largest absolute Gasteiger partial charge is 1.00 e. The Kier molecular flexibility index (Phi) is 10.4. The third-order valence-corrected chi connectivity index (χ3v) is 10.1. The summed E-state index contributed by atoms with van der Waals surface area (Å²) in [6.07, 6.45) is 3.34. The summed E-state index contributed by atoms with van der Waals surface area (Å²) in [7, 11) is 6.04. The number of anilines is 2. The molecule has 0 aromatic heterocycles. The number of ether oxygens (including phenoxy) is 3. The Hall–Kier alpha value is -2.71. The number of hydrogen-bond donors (Lipinski definition) is 3. The van der Waals surface area contributed by atoms with E-state index in [1.165, 1.54) is 7.11 Å². The first-order valence-electron chi connectivity index (χ1n) is 15.1. The number of hydrogen-bond acceptors (Lipinski definition) is 6. The van der Waals surface area contributed by atoms with E-state index in [0.717, 1.165) is 34.0 Å². The average Bonchev–Trinajstić information content (AvgIpc) is 3.78. The molecule has 0 spiro atoms. The lowest BCUT2D eigenvalue weighted by atomic mass is 9.96. The number of fused-ring (bicyclic) bond motifs is 5. The molecule has 3 aromatic rings. The van der Waals surface area contributed by atoms with Crippen LogP contribution < -0.4 is 39.3 Å². The van der Waals surface area contributed by atoms with Gasteiger partial charge >= 0.3 is 6.09 Å². The van der Waals surface area contributed by atoms with Gasteiger partial charge in [-0.2, -0.15) is 0 Å². The summed E-state index contributed by atoms with van der Waals surface area (Å²) < 4.78 is 18.8. The Morgan fingerprint density at radius 1 is 1.00 bits per heavy atom. The van der Waals surface area contributed by atoms with Crippen LogP contribution in [0.15, 0.2) is 65.1 Å². The molecule has 0 unspecified atom stereocenters. The summed E-state index contributed by atoms with van der Waals surface area (Å²) in [5.41, 5.74) is 4.86. The van der Waals surface area contributed by atoms with Crippen LogP contribution in [-0.2, 0) is 27.3 Å². The number of rotatable bonds is 10. The molecule has 0 aliphatic carbocycles. The van der Waals surface area contributed by atoms with Crippen molar-refractivity contribution in [3.8, 4) is 16.9 Å². The molecule has 5 atom stereocenters. The van der Waals surface area contributed by atoms with Gasteiger partial charge in [-0.1, -0.05) is 36.4 Å². The molecule has 3 aliphatic rings. The molecule has 3 N–H and O–H groups in total. The lowest BCUT2D eigenvalue weighted by Gasteiger charge is -2.45. The first kappa shape index (κ1) is 33.6. The van der Waals surface area contributed by atoms with Gasteiger partial charge < -0.3 is 53.1 Å². The number of halogens is 2. The normalized spacial score (nSPS) is 23.7. The van der Waals surface area contributed by atoms with Crippen LogP contribution in [0.25, 0.3) is 11.1 Å². The number of quaternary nitrogens is 1. The second-order valence-electron chi connectivity index (χ2n) is 12.4.